The maximum absolute atomic E-state index is 12.5. The fourth-order valence-corrected chi connectivity index (χ4v) is 4.27. The molecule has 2 aromatic carbocycles. The Morgan fingerprint density at radius 2 is 1.84 bits per heavy atom. The highest BCUT2D eigenvalue weighted by molar-refractivity contribution is 8.00. The molecule has 6 nitrogen and oxygen atoms in total. The van der Waals surface area contributed by atoms with Crippen LogP contribution in [0.4, 0.5) is 5.95 Å². The molecule has 7 heteroatoms. The summed E-state index contributed by atoms with van der Waals surface area (Å²) >= 11 is 1.58. The Balaban J connectivity index is 1.63. The first-order valence-electron chi connectivity index (χ1n) is 7.91. The van der Waals surface area contributed by atoms with Crippen molar-refractivity contribution in [1.29, 1.82) is 0 Å². The van der Waals surface area contributed by atoms with Gasteiger partial charge in [-0.2, -0.15) is 4.98 Å². The summed E-state index contributed by atoms with van der Waals surface area (Å²) in [6.45, 7) is 0. The van der Waals surface area contributed by atoms with Crippen LogP contribution in [0.3, 0.4) is 0 Å². The number of carbonyl (C=O) groups excluding carboxylic acids is 1. The van der Waals surface area contributed by atoms with E-state index in [4.69, 9.17) is 0 Å². The van der Waals surface area contributed by atoms with Crippen LogP contribution in [0.25, 0.3) is 22.1 Å². The second-order valence-corrected chi connectivity index (χ2v) is 6.89. The van der Waals surface area contributed by atoms with E-state index in [1.165, 1.54) is 0 Å². The van der Waals surface area contributed by atoms with Crippen LogP contribution in [0, 0.1) is 0 Å². The maximum atomic E-state index is 12.5. The van der Waals surface area contributed by atoms with Gasteiger partial charge in [-0.05, 0) is 11.6 Å². The van der Waals surface area contributed by atoms with Crippen LogP contribution in [-0.4, -0.2) is 31.8 Å². The van der Waals surface area contributed by atoms with Gasteiger partial charge in [-0.15, -0.1) is 22.0 Å². The van der Waals surface area contributed by atoms with Crippen molar-refractivity contribution in [3.63, 3.8) is 0 Å². The van der Waals surface area contributed by atoms with Gasteiger partial charge in [0.05, 0.1) is 5.75 Å². The summed E-state index contributed by atoms with van der Waals surface area (Å²) in [6, 6.07) is 17.8. The van der Waals surface area contributed by atoms with Gasteiger partial charge in [0.25, 0.3) is 5.95 Å². The predicted octanol–water partition coefficient (Wildman–Crippen LogP) is 3.28. The number of hydrogen-bond acceptors (Lipinski definition) is 5. The highest BCUT2D eigenvalue weighted by atomic mass is 32.2. The quantitative estimate of drug-likeness (QED) is 0.602. The fourth-order valence-electron chi connectivity index (χ4n) is 3.12. The first-order valence-corrected chi connectivity index (χ1v) is 8.96. The summed E-state index contributed by atoms with van der Waals surface area (Å²) in [4.78, 5) is 21.9. The molecule has 0 bridgehead atoms. The SMILES string of the molecule is O=C1CSC(c2ccccc2)N1c1nnc2c(n1)[nH]c1ccccc12. The van der Waals surface area contributed by atoms with Crippen molar-refractivity contribution < 1.29 is 4.79 Å². The number of hydrogen-bond donors (Lipinski definition) is 1. The summed E-state index contributed by atoms with van der Waals surface area (Å²) in [5.41, 5.74) is 3.37. The number of aromatic nitrogens is 4. The number of para-hydroxylation sites is 1. The van der Waals surface area contributed by atoms with E-state index in [0.717, 1.165) is 22.0 Å². The minimum absolute atomic E-state index is 0.00360. The van der Waals surface area contributed by atoms with Crippen LogP contribution in [0.1, 0.15) is 10.9 Å². The van der Waals surface area contributed by atoms with Crippen molar-refractivity contribution in [3.05, 3.63) is 60.2 Å². The first kappa shape index (κ1) is 14.4. The number of anilines is 1. The summed E-state index contributed by atoms with van der Waals surface area (Å²) in [6.07, 6.45) is 0. The molecule has 0 radical (unpaired) electrons. The molecule has 1 N–H and O–H groups in total. The number of rotatable bonds is 2. The number of amides is 1. The van der Waals surface area contributed by atoms with Gasteiger partial charge >= 0.3 is 0 Å². The first-order chi connectivity index (χ1) is 12.3. The molecule has 2 aromatic heterocycles. The Morgan fingerprint density at radius 3 is 2.72 bits per heavy atom. The second-order valence-electron chi connectivity index (χ2n) is 5.82. The van der Waals surface area contributed by atoms with Crippen LogP contribution in [-0.2, 0) is 4.79 Å². The number of nitrogens with zero attached hydrogens (tertiary/aromatic N) is 4. The molecule has 1 fully saturated rings. The molecule has 1 saturated heterocycles. The average Bonchev–Trinajstić information content (AvgIpc) is 3.22. The van der Waals surface area contributed by atoms with Gasteiger partial charge in [0, 0.05) is 10.9 Å². The molecule has 1 amide bonds. The van der Waals surface area contributed by atoms with E-state index in [1.54, 1.807) is 16.7 Å². The molecular weight excluding hydrogens is 334 g/mol. The maximum Gasteiger partial charge on any atom is 0.255 e. The molecule has 1 aliphatic rings. The van der Waals surface area contributed by atoms with Crippen LogP contribution in [0.2, 0.25) is 0 Å². The van der Waals surface area contributed by atoms with Crippen LogP contribution < -0.4 is 4.90 Å². The standard InChI is InChI=1S/C18H13N5OS/c24-14-10-25-17(11-6-2-1-3-7-11)23(14)18-20-16-15(21-22-18)12-8-4-5-9-13(12)19-16/h1-9,17H,10H2,(H,19,20,22). The zero-order chi connectivity index (χ0) is 16.8. The van der Waals surface area contributed by atoms with Crippen LogP contribution in [0.15, 0.2) is 54.6 Å². The zero-order valence-electron chi connectivity index (χ0n) is 13.1. The smallest absolute Gasteiger partial charge is 0.255 e. The molecule has 0 saturated carbocycles. The number of benzene rings is 2. The monoisotopic (exact) mass is 347 g/mol. The molecule has 5 rings (SSSR count). The number of carbonyl (C=O) groups is 1. The van der Waals surface area contributed by atoms with Crippen LogP contribution in [0.5, 0.6) is 0 Å². The number of H-pyrrole nitrogens is 1. The molecular formula is C18H13N5OS. The second kappa shape index (κ2) is 5.56. The largest absolute Gasteiger partial charge is 0.338 e. The van der Waals surface area contributed by atoms with Gasteiger partial charge in [-0.25, -0.2) is 0 Å². The Hall–Kier alpha value is -2.93. The molecule has 1 unspecified atom stereocenters. The Kier molecular flexibility index (Phi) is 3.21. The normalized spacial score (nSPS) is 17.7. The third kappa shape index (κ3) is 2.27. The minimum atomic E-state index is -0.127. The van der Waals surface area contributed by atoms with E-state index in [2.05, 4.69) is 20.2 Å². The van der Waals surface area contributed by atoms with Gasteiger partial charge in [0.2, 0.25) is 5.91 Å². The van der Waals surface area contributed by atoms with Gasteiger partial charge in [0.15, 0.2) is 5.65 Å². The summed E-state index contributed by atoms with van der Waals surface area (Å²) in [5.74, 6) is 0.743. The lowest BCUT2D eigenvalue weighted by Crippen LogP contribution is -2.29. The molecule has 1 atom stereocenters. The van der Waals surface area contributed by atoms with Gasteiger partial charge in [-0.1, -0.05) is 48.5 Å². The molecule has 3 heterocycles. The van der Waals surface area contributed by atoms with Crippen LogP contribution >= 0.6 is 11.8 Å². The van der Waals surface area contributed by atoms with Crippen molar-refractivity contribution in [1.82, 2.24) is 20.2 Å². The lowest BCUT2D eigenvalue weighted by molar-refractivity contribution is -0.115. The van der Waals surface area contributed by atoms with Gasteiger partial charge in [0.1, 0.15) is 10.9 Å². The van der Waals surface area contributed by atoms with E-state index >= 15 is 0 Å². The van der Waals surface area contributed by atoms with E-state index in [0.29, 0.717) is 17.3 Å². The minimum Gasteiger partial charge on any atom is -0.338 e. The van der Waals surface area contributed by atoms with Crippen molar-refractivity contribution in [2.24, 2.45) is 0 Å². The third-order valence-electron chi connectivity index (χ3n) is 4.28. The van der Waals surface area contributed by atoms with E-state index in [1.807, 2.05) is 54.6 Å². The topological polar surface area (TPSA) is 74.8 Å². The summed E-state index contributed by atoms with van der Waals surface area (Å²) < 4.78 is 0. The lowest BCUT2D eigenvalue weighted by Gasteiger charge is -2.21. The van der Waals surface area contributed by atoms with Crippen molar-refractivity contribution in [3.8, 4) is 0 Å². The molecule has 4 aromatic rings. The van der Waals surface area contributed by atoms with Gasteiger partial charge in [-0.3, -0.25) is 9.69 Å². The van der Waals surface area contributed by atoms with Crippen molar-refractivity contribution in [2.45, 2.75) is 5.37 Å². The molecule has 25 heavy (non-hydrogen) atoms. The summed E-state index contributed by atoms with van der Waals surface area (Å²) in [7, 11) is 0. The van der Waals surface area contributed by atoms with E-state index in [9.17, 15) is 4.79 Å². The average molecular weight is 347 g/mol. The molecule has 122 valence electrons. The van der Waals surface area contributed by atoms with Gasteiger partial charge < -0.3 is 4.98 Å². The zero-order valence-corrected chi connectivity index (χ0v) is 13.9. The predicted molar refractivity (Wildman–Crippen MR) is 98.3 cm³/mol. The van der Waals surface area contributed by atoms with Crippen molar-refractivity contribution in [2.75, 3.05) is 10.7 Å². The molecule has 1 aliphatic heterocycles. The van der Waals surface area contributed by atoms with E-state index < -0.39 is 0 Å². The Labute approximate surface area is 147 Å². The molecule has 0 spiro atoms. The Bertz CT molecular complexity index is 1090. The fraction of sp³-hybridized carbons (Fsp3) is 0.111. The number of aromatic amines is 1. The summed E-state index contributed by atoms with van der Waals surface area (Å²) in [5, 5.41) is 9.43. The molecule has 0 aliphatic carbocycles. The highest BCUT2D eigenvalue weighted by Crippen LogP contribution is 2.40. The Morgan fingerprint density at radius 1 is 1.04 bits per heavy atom. The van der Waals surface area contributed by atoms with Crippen molar-refractivity contribution >= 4 is 45.7 Å². The number of thioether (sulfide) groups is 1. The third-order valence-corrected chi connectivity index (χ3v) is 5.49. The number of fused-ring (bicyclic) bond motifs is 3. The highest BCUT2D eigenvalue weighted by Gasteiger charge is 2.36. The number of nitrogens with one attached hydrogen (secondary N) is 1. The lowest BCUT2D eigenvalue weighted by atomic mass is 10.2. The van der Waals surface area contributed by atoms with E-state index in [-0.39, 0.29) is 11.3 Å².